The van der Waals surface area contributed by atoms with Crippen molar-refractivity contribution in [1.82, 2.24) is 10.6 Å². The third-order valence-electron chi connectivity index (χ3n) is 3.59. The average molecular weight is 328 g/mol. The molecule has 0 saturated carbocycles. The molecule has 1 amide bonds. The number of nitrogens with zero attached hydrogens (tertiary/aromatic N) is 1. The van der Waals surface area contributed by atoms with Gasteiger partial charge < -0.3 is 20.8 Å². The number of amides is 1. The normalized spacial score (nSPS) is 12.7. The maximum atomic E-state index is 11.0. The van der Waals surface area contributed by atoms with E-state index >= 15 is 0 Å². The Morgan fingerprint density at radius 2 is 1.96 bits per heavy atom. The summed E-state index contributed by atoms with van der Waals surface area (Å²) in [6.45, 7) is 6.03. The summed E-state index contributed by atoms with van der Waals surface area (Å²) >= 11 is 0. The molecule has 1 unspecified atom stereocenters. The standard InChI is InChI=1S/C18H24N4O2/c1-3-20-18(21-11-13(2)14-7-5-4-6-8-14)22-12-15-9-10-16(24-15)17(19)23/h4-10,13H,3,11-12H2,1-2H3,(H2,19,23)(H2,20,21,22). The Bertz CT molecular complexity index is 679. The van der Waals surface area contributed by atoms with Crippen molar-refractivity contribution in [2.24, 2.45) is 10.7 Å². The number of furan rings is 1. The van der Waals surface area contributed by atoms with Crippen LogP contribution in [0, 0.1) is 0 Å². The number of hydrogen-bond acceptors (Lipinski definition) is 3. The van der Waals surface area contributed by atoms with E-state index in [0.29, 0.717) is 24.2 Å². The lowest BCUT2D eigenvalue weighted by atomic mass is 10.0. The SMILES string of the molecule is CCNC(=NCc1ccc(C(N)=O)o1)NCC(C)c1ccccc1. The van der Waals surface area contributed by atoms with Crippen LogP contribution in [0.5, 0.6) is 0 Å². The molecule has 0 fully saturated rings. The predicted octanol–water partition coefficient (Wildman–Crippen LogP) is 2.24. The van der Waals surface area contributed by atoms with Gasteiger partial charge in [-0.05, 0) is 30.5 Å². The van der Waals surface area contributed by atoms with E-state index in [-0.39, 0.29) is 5.76 Å². The summed E-state index contributed by atoms with van der Waals surface area (Å²) in [6.07, 6.45) is 0. The van der Waals surface area contributed by atoms with Crippen molar-refractivity contribution in [3.05, 3.63) is 59.5 Å². The van der Waals surface area contributed by atoms with Gasteiger partial charge in [0.2, 0.25) is 0 Å². The minimum atomic E-state index is -0.577. The predicted molar refractivity (Wildman–Crippen MR) is 94.9 cm³/mol. The molecule has 0 aliphatic heterocycles. The molecule has 2 aromatic rings. The molecule has 0 bridgehead atoms. The fraction of sp³-hybridized carbons (Fsp3) is 0.333. The Morgan fingerprint density at radius 1 is 1.21 bits per heavy atom. The lowest BCUT2D eigenvalue weighted by Crippen LogP contribution is -2.39. The van der Waals surface area contributed by atoms with Crippen molar-refractivity contribution >= 4 is 11.9 Å². The maximum absolute atomic E-state index is 11.0. The van der Waals surface area contributed by atoms with E-state index in [1.54, 1.807) is 12.1 Å². The molecule has 1 aromatic carbocycles. The molecule has 0 aliphatic rings. The fourth-order valence-corrected chi connectivity index (χ4v) is 2.24. The van der Waals surface area contributed by atoms with Crippen LogP contribution >= 0.6 is 0 Å². The molecule has 0 saturated heterocycles. The molecule has 6 nitrogen and oxygen atoms in total. The van der Waals surface area contributed by atoms with Gasteiger partial charge in [-0.1, -0.05) is 37.3 Å². The number of nitrogens with two attached hydrogens (primary N) is 1. The van der Waals surface area contributed by atoms with Gasteiger partial charge in [0.1, 0.15) is 12.3 Å². The molecule has 128 valence electrons. The number of aliphatic imine (C=N–C) groups is 1. The van der Waals surface area contributed by atoms with Crippen molar-refractivity contribution in [1.29, 1.82) is 0 Å². The summed E-state index contributed by atoms with van der Waals surface area (Å²) in [4.78, 5) is 15.5. The van der Waals surface area contributed by atoms with Crippen LogP contribution in [0.4, 0.5) is 0 Å². The van der Waals surface area contributed by atoms with Crippen LogP contribution in [0.1, 0.15) is 41.6 Å². The molecule has 24 heavy (non-hydrogen) atoms. The van der Waals surface area contributed by atoms with Crippen LogP contribution in [0.25, 0.3) is 0 Å². The van der Waals surface area contributed by atoms with Crippen LogP contribution in [0.15, 0.2) is 51.9 Å². The second-order valence-corrected chi connectivity index (χ2v) is 5.52. The highest BCUT2D eigenvalue weighted by Crippen LogP contribution is 2.13. The van der Waals surface area contributed by atoms with Gasteiger partial charge in [0.05, 0.1) is 0 Å². The zero-order chi connectivity index (χ0) is 17.4. The van der Waals surface area contributed by atoms with Crippen LogP contribution in [-0.2, 0) is 6.54 Å². The first-order valence-electron chi connectivity index (χ1n) is 8.05. The minimum Gasteiger partial charge on any atom is -0.454 e. The lowest BCUT2D eigenvalue weighted by molar-refractivity contribution is 0.0972. The first-order valence-corrected chi connectivity index (χ1v) is 8.05. The Kier molecular flexibility index (Phi) is 6.42. The van der Waals surface area contributed by atoms with E-state index in [4.69, 9.17) is 10.2 Å². The van der Waals surface area contributed by atoms with Crippen molar-refractivity contribution in [3.8, 4) is 0 Å². The number of rotatable bonds is 7. The van der Waals surface area contributed by atoms with Gasteiger partial charge in [0.15, 0.2) is 11.7 Å². The van der Waals surface area contributed by atoms with Gasteiger partial charge in [-0.25, -0.2) is 4.99 Å². The summed E-state index contributed by atoms with van der Waals surface area (Å²) in [5.74, 6) is 1.23. The molecular weight excluding hydrogens is 304 g/mol. The highest BCUT2D eigenvalue weighted by molar-refractivity contribution is 5.89. The molecule has 1 atom stereocenters. The van der Waals surface area contributed by atoms with E-state index in [1.165, 1.54) is 5.56 Å². The summed E-state index contributed by atoms with van der Waals surface area (Å²) < 4.78 is 5.33. The van der Waals surface area contributed by atoms with Gasteiger partial charge in [-0.3, -0.25) is 4.79 Å². The number of primary amides is 1. The molecule has 4 N–H and O–H groups in total. The van der Waals surface area contributed by atoms with E-state index in [1.807, 2.05) is 25.1 Å². The Morgan fingerprint density at radius 3 is 2.58 bits per heavy atom. The molecule has 0 aliphatic carbocycles. The van der Waals surface area contributed by atoms with Gasteiger partial charge in [0.25, 0.3) is 5.91 Å². The number of hydrogen-bond donors (Lipinski definition) is 3. The van der Waals surface area contributed by atoms with Crippen molar-refractivity contribution in [2.45, 2.75) is 26.3 Å². The third-order valence-corrected chi connectivity index (χ3v) is 3.59. The van der Waals surface area contributed by atoms with Crippen LogP contribution in [-0.4, -0.2) is 25.0 Å². The summed E-state index contributed by atoms with van der Waals surface area (Å²) in [6, 6.07) is 13.6. The molecule has 1 aromatic heterocycles. The van der Waals surface area contributed by atoms with Crippen LogP contribution in [0.2, 0.25) is 0 Å². The van der Waals surface area contributed by atoms with E-state index in [2.05, 4.69) is 34.7 Å². The molecule has 1 heterocycles. The molecule has 6 heteroatoms. The lowest BCUT2D eigenvalue weighted by Gasteiger charge is -2.16. The van der Waals surface area contributed by atoms with E-state index in [0.717, 1.165) is 13.1 Å². The monoisotopic (exact) mass is 328 g/mol. The van der Waals surface area contributed by atoms with Gasteiger partial charge in [-0.2, -0.15) is 0 Å². The van der Waals surface area contributed by atoms with Crippen LogP contribution < -0.4 is 16.4 Å². The zero-order valence-corrected chi connectivity index (χ0v) is 14.1. The fourth-order valence-electron chi connectivity index (χ4n) is 2.24. The van der Waals surface area contributed by atoms with Crippen molar-refractivity contribution in [2.75, 3.05) is 13.1 Å². The number of carbonyl (C=O) groups excluding carboxylic acids is 1. The molecule has 2 rings (SSSR count). The minimum absolute atomic E-state index is 0.149. The second-order valence-electron chi connectivity index (χ2n) is 5.52. The van der Waals surface area contributed by atoms with E-state index < -0.39 is 5.91 Å². The largest absolute Gasteiger partial charge is 0.454 e. The Labute approximate surface area is 142 Å². The van der Waals surface area contributed by atoms with Crippen LogP contribution in [0.3, 0.4) is 0 Å². The third kappa shape index (κ3) is 5.15. The molecular formula is C18H24N4O2. The first-order chi connectivity index (χ1) is 11.6. The highest BCUT2D eigenvalue weighted by Gasteiger charge is 2.08. The van der Waals surface area contributed by atoms with Crippen molar-refractivity contribution < 1.29 is 9.21 Å². The smallest absolute Gasteiger partial charge is 0.284 e. The van der Waals surface area contributed by atoms with Crippen molar-refractivity contribution in [3.63, 3.8) is 0 Å². The second kappa shape index (κ2) is 8.76. The number of guanidine groups is 1. The number of carbonyl (C=O) groups is 1. The Hall–Kier alpha value is -2.76. The number of nitrogens with one attached hydrogen (secondary N) is 2. The van der Waals surface area contributed by atoms with Gasteiger partial charge in [-0.15, -0.1) is 0 Å². The zero-order valence-electron chi connectivity index (χ0n) is 14.1. The summed E-state index contributed by atoms with van der Waals surface area (Å²) in [5.41, 5.74) is 6.45. The first kappa shape index (κ1) is 17.6. The molecule has 0 radical (unpaired) electrons. The van der Waals surface area contributed by atoms with E-state index in [9.17, 15) is 4.79 Å². The quantitative estimate of drug-likeness (QED) is 0.537. The van der Waals surface area contributed by atoms with Gasteiger partial charge >= 0.3 is 0 Å². The average Bonchev–Trinajstić information content (AvgIpc) is 3.07. The maximum Gasteiger partial charge on any atom is 0.284 e. The molecule has 0 spiro atoms. The number of benzene rings is 1. The summed E-state index contributed by atoms with van der Waals surface area (Å²) in [5, 5.41) is 6.52. The topological polar surface area (TPSA) is 92.6 Å². The highest BCUT2D eigenvalue weighted by atomic mass is 16.3. The summed E-state index contributed by atoms with van der Waals surface area (Å²) in [7, 11) is 0. The van der Waals surface area contributed by atoms with Gasteiger partial charge in [0, 0.05) is 13.1 Å². The Balaban J connectivity index is 1.93.